The van der Waals surface area contributed by atoms with Crippen molar-refractivity contribution in [3.05, 3.63) is 35.0 Å². The molecule has 0 bridgehead atoms. The number of aryl methyl sites for hydroxylation is 2. The molecular weight excluding hydrogens is 274 g/mol. The molecule has 1 N–H and O–H groups in total. The van der Waals surface area contributed by atoms with Gasteiger partial charge in [-0.15, -0.1) is 11.3 Å². The molecule has 0 saturated heterocycles. The van der Waals surface area contributed by atoms with Crippen LogP contribution < -0.4 is 0 Å². The number of aromatic nitrogens is 3. The van der Waals surface area contributed by atoms with Crippen LogP contribution in [0.25, 0.3) is 21.5 Å². The SMILES string of the molecule is CCc1nc2ccc(-c3cc(C(=O)O)nn3C)cc2s1. The second-order valence-electron chi connectivity index (χ2n) is 4.49. The predicted molar refractivity (Wildman–Crippen MR) is 78.2 cm³/mol. The Labute approximate surface area is 119 Å². The van der Waals surface area contributed by atoms with E-state index in [4.69, 9.17) is 5.11 Å². The van der Waals surface area contributed by atoms with Crippen LogP contribution in [0.5, 0.6) is 0 Å². The van der Waals surface area contributed by atoms with Crippen molar-refractivity contribution in [1.82, 2.24) is 14.8 Å². The Balaban J connectivity index is 2.11. The number of hydrogen-bond donors (Lipinski definition) is 1. The number of fused-ring (bicyclic) bond motifs is 1. The van der Waals surface area contributed by atoms with Gasteiger partial charge in [0.05, 0.1) is 20.9 Å². The van der Waals surface area contributed by atoms with E-state index in [1.54, 1.807) is 29.1 Å². The highest BCUT2D eigenvalue weighted by molar-refractivity contribution is 7.18. The number of thiazole rings is 1. The average Bonchev–Trinajstić information content (AvgIpc) is 3.00. The molecule has 0 atom stereocenters. The van der Waals surface area contributed by atoms with E-state index in [1.807, 2.05) is 18.2 Å². The lowest BCUT2D eigenvalue weighted by Gasteiger charge is -2.01. The number of carboxylic acid groups (broad SMARTS) is 1. The molecule has 3 rings (SSSR count). The van der Waals surface area contributed by atoms with Gasteiger partial charge in [0, 0.05) is 12.6 Å². The number of rotatable bonds is 3. The Morgan fingerprint density at radius 1 is 1.40 bits per heavy atom. The predicted octanol–water partition coefficient (Wildman–Crippen LogP) is 2.96. The van der Waals surface area contributed by atoms with Crippen molar-refractivity contribution >= 4 is 27.5 Å². The fraction of sp³-hybridized carbons (Fsp3) is 0.214. The van der Waals surface area contributed by atoms with Gasteiger partial charge >= 0.3 is 5.97 Å². The first-order valence-corrected chi connectivity index (χ1v) is 7.07. The molecule has 0 spiro atoms. The van der Waals surface area contributed by atoms with Crippen LogP contribution in [0.1, 0.15) is 22.4 Å². The fourth-order valence-corrected chi connectivity index (χ4v) is 3.07. The minimum absolute atomic E-state index is 0.0566. The Morgan fingerprint density at radius 2 is 2.20 bits per heavy atom. The molecule has 2 aromatic heterocycles. The van der Waals surface area contributed by atoms with Gasteiger partial charge in [0.25, 0.3) is 0 Å². The van der Waals surface area contributed by atoms with Crippen LogP contribution in [-0.2, 0) is 13.5 Å². The lowest BCUT2D eigenvalue weighted by Crippen LogP contribution is -1.99. The van der Waals surface area contributed by atoms with Gasteiger partial charge < -0.3 is 5.11 Å². The van der Waals surface area contributed by atoms with E-state index in [0.29, 0.717) is 0 Å². The number of carbonyl (C=O) groups is 1. The fourth-order valence-electron chi connectivity index (χ4n) is 2.12. The van der Waals surface area contributed by atoms with E-state index in [-0.39, 0.29) is 5.69 Å². The monoisotopic (exact) mass is 287 g/mol. The standard InChI is InChI=1S/C14H13N3O2S/c1-3-13-15-9-5-4-8(6-12(9)20-13)11-7-10(14(18)19)16-17(11)2/h4-7H,3H2,1-2H3,(H,18,19). The maximum Gasteiger partial charge on any atom is 0.356 e. The van der Waals surface area contributed by atoms with Crippen molar-refractivity contribution < 1.29 is 9.90 Å². The summed E-state index contributed by atoms with van der Waals surface area (Å²) in [5.74, 6) is -1.01. The summed E-state index contributed by atoms with van der Waals surface area (Å²) in [5, 5.41) is 14.1. The maximum atomic E-state index is 11.0. The van der Waals surface area contributed by atoms with Gasteiger partial charge in [0.2, 0.25) is 0 Å². The van der Waals surface area contributed by atoms with Gasteiger partial charge in [-0.1, -0.05) is 13.0 Å². The normalized spacial score (nSPS) is 11.1. The van der Waals surface area contributed by atoms with Crippen LogP contribution in [0.4, 0.5) is 0 Å². The van der Waals surface area contributed by atoms with Crippen molar-refractivity contribution in [1.29, 1.82) is 0 Å². The third-order valence-corrected chi connectivity index (χ3v) is 4.29. The largest absolute Gasteiger partial charge is 0.476 e. The Hall–Kier alpha value is -2.21. The number of benzene rings is 1. The zero-order valence-electron chi connectivity index (χ0n) is 11.1. The van der Waals surface area contributed by atoms with Crippen molar-refractivity contribution in [3.63, 3.8) is 0 Å². The number of aromatic carboxylic acids is 1. The summed E-state index contributed by atoms with van der Waals surface area (Å²) in [4.78, 5) is 15.5. The highest BCUT2D eigenvalue weighted by Crippen LogP contribution is 2.28. The Kier molecular flexibility index (Phi) is 3.02. The minimum atomic E-state index is -1.01. The third kappa shape index (κ3) is 2.08. The van der Waals surface area contributed by atoms with Gasteiger partial charge in [-0.3, -0.25) is 4.68 Å². The van der Waals surface area contributed by atoms with E-state index in [0.717, 1.165) is 32.9 Å². The van der Waals surface area contributed by atoms with Crippen LogP contribution in [0, 0.1) is 0 Å². The average molecular weight is 287 g/mol. The van der Waals surface area contributed by atoms with E-state index in [2.05, 4.69) is 17.0 Å². The van der Waals surface area contributed by atoms with Crippen LogP contribution in [0.3, 0.4) is 0 Å². The molecule has 1 aromatic carbocycles. The zero-order valence-corrected chi connectivity index (χ0v) is 11.9. The summed E-state index contributed by atoms with van der Waals surface area (Å²) in [6.45, 7) is 2.08. The third-order valence-electron chi connectivity index (χ3n) is 3.13. The van der Waals surface area contributed by atoms with Crippen LogP contribution in [0.2, 0.25) is 0 Å². The molecule has 0 amide bonds. The molecule has 0 radical (unpaired) electrons. The van der Waals surface area contributed by atoms with Crippen LogP contribution in [0.15, 0.2) is 24.3 Å². The highest BCUT2D eigenvalue weighted by atomic mass is 32.1. The van der Waals surface area contributed by atoms with E-state index in [9.17, 15) is 4.79 Å². The zero-order chi connectivity index (χ0) is 14.3. The van der Waals surface area contributed by atoms with Gasteiger partial charge in [0.1, 0.15) is 0 Å². The van der Waals surface area contributed by atoms with Gasteiger partial charge in [-0.25, -0.2) is 9.78 Å². The molecule has 0 unspecified atom stereocenters. The summed E-state index contributed by atoms with van der Waals surface area (Å²) in [7, 11) is 1.75. The first-order valence-electron chi connectivity index (χ1n) is 6.25. The molecule has 0 aliphatic carbocycles. The molecule has 5 nitrogen and oxygen atoms in total. The number of carboxylic acids is 1. The summed E-state index contributed by atoms with van der Waals surface area (Å²) in [5.41, 5.74) is 2.78. The number of hydrogen-bond acceptors (Lipinski definition) is 4. The lowest BCUT2D eigenvalue weighted by atomic mass is 10.1. The Morgan fingerprint density at radius 3 is 2.85 bits per heavy atom. The van der Waals surface area contributed by atoms with Gasteiger partial charge in [-0.2, -0.15) is 5.10 Å². The molecule has 3 aromatic rings. The van der Waals surface area contributed by atoms with Gasteiger partial charge in [0.15, 0.2) is 5.69 Å². The second kappa shape index (κ2) is 4.72. The minimum Gasteiger partial charge on any atom is -0.476 e. The summed E-state index contributed by atoms with van der Waals surface area (Å²) >= 11 is 1.67. The quantitative estimate of drug-likeness (QED) is 0.804. The van der Waals surface area contributed by atoms with Crippen molar-refractivity contribution in [2.75, 3.05) is 0 Å². The second-order valence-corrected chi connectivity index (χ2v) is 5.60. The molecule has 6 heteroatoms. The van der Waals surface area contributed by atoms with Gasteiger partial charge in [-0.05, 0) is 24.6 Å². The lowest BCUT2D eigenvalue weighted by molar-refractivity contribution is 0.0689. The molecule has 0 aliphatic heterocycles. The highest BCUT2D eigenvalue weighted by Gasteiger charge is 2.13. The molecule has 0 saturated carbocycles. The molecule has 0 fully saturated rings. The maximum absolute atomic E-state index is 11.0. The van der Waals surface area contributed by atoms with Crippen molar-refractivity contribution in [2.45, 2.75) is 13.3 Å². The van der Waals surface area contributed by atoms with E-state index >= 15 is 0 Å². The molecule has 102 valence electrons. The van der Waals surface area contributed by atoms with Crippen LogP contribution in [-0.4, -0.2) is 25.8 Å². The van der Waals surface area contributed by atoms with E-state index < -0.39 is 5.97 Å². The molecule has 2 heterocycles. The molecule has 0 aliphatic rings. The van der Waals surface area contributed by atoms with Crippen LogP contribution >= 0.6 is 11.3 Å². The van der Waals surface area contributed by atoms with E-state index in [1.165, 1.54) is 0 Å². The summed E-state index contributed by atoms with van der Waals surface area (Å²) in [6, 6.07) is 7.54. The molecular formula is C14H13N3O2S. The number of nitrogens with zero attached hydrogens (tertiary/aromatic N) is 3. The molecule has 20 heavy (non-hydrogen) atoms. The summed E-state index contributed by atoms with van der Waals surface area (Å²) in [6.07, 6.45) is 0.920. The topological polar surface area (TPSA) is 68.0 Å². The summed E-state index contributed by atoms with van der Waals surface area (Å²) < 4.78 is 2.70. The smallest absolute Gasteiger partial charge is 0.356 e. The first-order chi connectivity index (χ1) is 9.58. The first kappa shape index (κ1) is 12.8. The van der Waals surface area contributed by atoms with Crippen molar-refractivity contribution in [3.8, 4) is 11.3 Å². The Bertz CT molecular complexity index is 804. The van der Waals surface area contributed by atoms with Crippen molar-refractivity contribution in [2.24, 2.45) is 7.05 Å².